The summed E-state index contributed by atoms with van der Waals surface area (Å²) in [5, 5.41) is 19.8. The molecule has 1 heterocycles. The van der Waals surface area contributed by atoms with Crippen LogP contribution >= 0.6 is 0 Å². The second-order valence-electron chi connectivity index (χ2n) is 5.69. The number of likely N-dealkylation sites (tertiary alicyclic amines) is 1. The smallest absolute Gasteiger partial charge is 0.0900 e. The molecule has 2 N–H and O–H groups in total. The van der Waals surface area contributed by atoms with Gasteiger partial charge in [-0.25, -0.2) is 0 Å². The van der Waals surface area contributed by atoms with Crippen molar-refractivity contribution < 1.29 is 14.9 Å². The number of aliphatic hydroxyl groups excluding tert-OH is 1. The summed E-state index contributed by atoms with van der Waals surface area (Å²) >= 11 is 0. The molecule has 1 aliphatic heterocycles. The monoisotopic (exact) mass is 245 g/mol. The molecule has 0 aromatic rings. The van der Waals surface area contributed by atoms with E-state index in [1.165, 1.54) is 0 Å². The first-order valence-electron chi connectivity index (χ1n) is 6.63. The van der Waals surface area contributed by atoms with Gasteiger partial charge in [0, 0.05) is 13.1 Å². The van der Waals surface area contributed by atoms with Crippen LogP contribution in [0.25, 0.3) is 0 Å². The normalized spacial score (nSPS) is 29.3. The molecule has 1 rings (SSSR count). The van der Waals surface area contributed by atoms with Gasteiger partial charge in [-0.3, -0.25) is 0 Å². The van der Waals surface area contributed by atoms with E-state index >= 15 is 0 Å². The van der Waals surface area contributed by atoms with Crippen LogP contribution in [-0.2, 0) is 4.74 Å². The van der Waals surface area contributed by atoms with Crippen LogP contribution < -0.4 is 0 Å². The quantitative estimate of drug-likeness (QED) is 0.759. The van der Waals surface area contributed by atoms with Gasteiger partial charge in [-0.05, 0) is 46.6 Å². The van der Waals surface area contributed by atoms with Gasteiger partial charge in [0.2, 0.25) is 0 Å². The second-order valence-corrected chi connectivity index (χ2v) is 5.69. The number of rotatable bonds is 5. The number of aliphatic hydroxyl groups is 2. The summed E-state index contributed by atoms with van der Waals surface area (Å²) in [5.74, 6) is 0. The Kier molecular flexibility index (Phi) is 5.86. The predicted octanol–water partition coefficient (Wildman–Crippen LogP) is 1.01. The number of hydrogen-bond donors (Lipinski definition) is 2. The number of nitrogens with zero attached hydrogens (tertiary/aromatic N) is 1. The zero-order chi connectivity index (χ0) is 12.9. The Morgan fingerprint density at radius 1 is 1.29 bits per heavy atom. The summed E-state index contributed by atoms with van der Waals surface area (Å²) in [6.45, 7) is 8.68. The standard InChI is InChI=1S/C13H27NO3/c1-11(2)17-10-12(15)9-14-7-4-5-13(3,16)6-8-14/h11-12,15-16H,4-10H2,1-3H3. The molecule has 0 saturated carbocycles. The van der Waals surface area contributed by atoms with E-state index in [0.717, 1.165) is 32.4 Å². The van der Waals surface area contributed by atoms with E-state index in [9.17, 15) is 10.2 Å². The van der Waals surface area contributed by atoms with Gasteiger partial charge in [0.25, 0.3) is 0 Å². The van der Waals surface area contributed by atoms with Crippen molar-refractivity contribution in [3.63, 3.8) is 0 Å². The van der Waals surface area contributed by atoms with Crippen LogP contribution in [0.4, 0.5) is 0 Å². The largest absolute Gasteiger partial charge is 0.390 e. The number of hydrogen-bond acceptors (Lipinski definition) is 4. The minimum Gasteiger partial charge on any atom is -0.390 e. The van der Waals surface area contributed by atoms with Crippen LogP contribution in [0, 0.1) is 0 Å². The number of β-amino-alcohol motifs (C(OH)–C–C–N with tert-alkyl or cyclic N) is 1. The van der Waals surface area contributed by atoms with E-state index < -0.39 is 11.7 Å². The maximum Gasteiger partial charge on any atom is 0.0900 e. The molecule has 1 aliphatic rings. The minimum atomic E-state index is -0.534. The minimum absolute atomic E-state index is 0.162. The van der Waals surface area contributed by atoms with Gasteiger partial charge in [0.05, 0.1) is 24.4 Å². The third-order valence-corrected chi connectivity index (χ3v) is 3.25. The zero-order valence-corrected chi connectivity index (χ0v) is 11.4. The molecule has 2 unspecified atom stereocenters. The highest BCUT2D eigenvalue weighted by Crippen LogP contribution is 2.21. The Labute approximate surface area is 105 Å². The van der Waals surface area contributed by atoms with Crippen molar-refractivity contribution in [2.24, 2.45) is 0 Å². The highest BCUT2D eigenvalue weighted by Gasteiger charge is 2.25. The van der Waals surface area contributed by atoms with Gasteiger partial charge >= 0.3 is 0 Å². The molecular formula is C13H27NO3. The summed E-state index contributed by atoms with van der Waals surface area (Å²) in [6, 6.07) is 0. The Hall–Kier alpha value is -0.160. The average Bonchev–Trinajstić information content (AvgIpc) is 2.37. The van der Waals surface area contributed by atoms with Crippen molar-refractivity contribution in [3.8, 4) is 0 Å². The van der Waals surface area contributed by atoms with Gasteiger partial charge in [0.15, 0.2) is 0 Å². The summed E-state index contributed by atoms with van der Waals surface area (Å²) in [5.41, 5.74) is -0.534. The third kappa shape index (κ3) is 6.36. The second kappa shape index (κ2) is 6.69. The van der Waals surface area contributed by atoms with E-state index in [-0.39, 0.29) is 6.10 Å². The van der Waals surface area contributed by atoms with Crippen LogP contribution in [0.2, 0.25) is 0 Å². The van der Waals surface area contributed by atoms with Crippen molar-refractivity contribution in [2.45, 2.75) is 57.8 Å². The van der Waals surface area contributed by atoms with Crippen LogP contribution in [-0.4, -0.2) is 59.2 Å². The molecule has 0 aromatic carbocycles. The fraction of sp³-hybridized carbons (Fsp3) is 1.00. The van der Waals surface area contributed by atoms with Crippen molar-refractivity contribution >= 4 is 0 Å². The molecular weight excluding hydrogens is 218 g/mol. The van der Waals surface area contributed by atoms with Crippen LogP contribution in [0.15, 0.2) is 0 Å². The molecule has 0 aliphatic carbocycles. The lowest BCUT2D eigenvalue weighted by Crippen LogP contribution is -2.36. The van der Waals surface area contributed by atoms with Gasteiger partial charge in [0.1, 0.15) is 0 Å². The van der Waals surface area contributed by atoms with Crippen molar-refractivity contribution in [1.82, 2.24) is 4.90 Å². The van der Waals surface area contributed by atoms with Crippen molar-refractivity contribution in [3.05, 3.63) is 0 Å². The zero-order valence-electron chi connectivity index (χ0n) is 11.4. The maximum absolute atomic E-state index is 9.97. The first-order chi connectivity index (χ1) is 7.89. The highest BCUT2D eigenvalue weighted by atomic mass is 16.5. The lowest BCUT2D eigenvalue weighted by molar-refractivity contribution is -0.00955. The van der Waals surface area contributed by atoms with Crippen LogP contribution in [0.3, 0.4) is 0 Å². The first kappa shape index (κ1) is 14.9. The van der Waals surface area contributed by atoms with Crippen molar-refractivity contribution in [1.29, 1.82) is 0 Å². The topological polar surface area (TPSA) is 52.9 Å². The van der Waals surface area contributed by atoms with E-state index in [4.69, 9.17) is 4.74 Å². The Morgan fingerprint density at radius 2 is 2.00 bits per heavy atom. The molecule has 0 amide bonds. The van der Waals surface area contributed by atoms with Crippen LogP contribution in [0.5, 0.6) is 0 Å². The molecule has 1 saturated heterocycles. The molecule has 1 fully saturated rings. The molecule has 0 bridgehead atoms. The van der Waals surface area contributed by atoms with E-state index in [2.05, 4.69) is 4.90 Å². The van der Waals surface area contributed by atoms with Crippen molar-refractivity contribution in [2.75, 3.05) is 26.2 Å². The molecule has 4 nitrogen and oxygen atoms in total. The number of ether oxygens (including phenoxy) is 1. The molecule has 4 heteroatoms. The van der Waals surface area contributed by atoms with E-state index in [1.807, 2.05) is 20.8 Å². The fourth-order valence-corrected chi connectivity index (χ4v) is 2.16. The lowest BCUT2D eigenvalue weighted by Gasteiger charge is -2.24. The molecule has 2 atom stereocenters. The Balaban J connectivity index is 2.26. The first-order valence-corrected chi connectivity index (χ1v) is 6.63. The van der Waals surface area contributed by atoms with E-state index in [0.29, 0.717) is 13.2 Å². The van der Waals surface area contributed by atoms with Crippen LogP contribution in [0.1, 0.15) is 40.0 Å². The summed E-state index contributed by atoms with van der Waals surface area (Å²) in [4.78, 5) is 2.22. The average molecular weight is 245 g/mol. The Morgan fingerprint density at radius 3 is 2.65 bits per heavy atom. The van der Waals surface area contributed by atoms with E-state index in [1.54, 1.807) is 0 Å². The Bertz CT molecular complexity index is 219. The molecule has 0 spiro atoms. The summed E-state index contributed by atoms with van der Waals surface area (Å²) in [7, 11) is 0. The van der Waals surface area contributed by atoms with Gasteiger partial charge < -0.3 is 19.8 Å². The fourth-order valence-electron chi connectivity index (χ4n) is 2.16. The van der Waals surface area contributed by atoms with Gasteiger partial charge in [-0.2, -0.15) is 0 Å². The summed E-state index contributed by atoms with van der Waals surface area (Å²) < 4.78 is 5.39. The summed E-state index contributed by atoms with van der Waals surface area (Å²) in [6.07, 6.45) is 2.35. The maximum atomic E-state index is 9.97. The molecule has 0 aromatic heterocycles. The predicted molar refractivity (Wildman–Crippen MR) is 68.0 cm³/mol. The molecule has 0 radical (unpaired) electrons. The molecule has 17 heavy (non-hydrogen) atoms. The highest BCUT2D eigenvalue weighted by molar-refractivity contribution is 4.80. The van der Waals surface area contributed by atoms with Gasteiger partial charge in [-0.15, -0.1) is 0 Å². The van der Waals surface area contributed by atoms with Gasteiger partial charge in [-0.1, -0.05) is 0 Å². The third-order valence-electron chi connectivity index (χ3n) is 3.25. The molecule has 102 valence electrons. The SMILES string of the molecule is CC(C)OCC(O)CN1CCCC(C)(O)CC1. The lowest BCUT2D eigenvalue weighted by atomic mass is 9.98.